The second-order valence-electron chi connectivity index (χ2n) is 7.82. The molecule has 6 aromatic rings. The average molecular weight is 445 g/mol. The van der Waals surface area contributed by atoms with Crippen LogP contribution in [0.5, 0.6) is 0 Å². The fraction of sp³-hybridized carbons (Fsp3) is 0. The molecule has 33 heavy (non-hydrogen) atoms. The third-order valence-electron chi connectivity index (χ3n) is 5.69. The number of hydrogen-bond acceptors (Lipinski definition) is 4. The third-order valence-corrected chi connectivity index (χ3v) is 6.68. The summed E-state index contributed by atoms with van der Waals surface area (Å²) in [4.78, 5) is 10.3. The van der Waals surface area contributed by atoms with Crippen LogP contribution in [0.3, 0.4) is 0 Å². The number of aromatic amines is 1. The minimum atomic E-state index is 0.490. The minimum absolute atomic E-state index is 0.490. The highest BCUT2D eigenvalue weighted by atomic mass is 32.1. The Morgan fingerprint density at radius 3 is 2.06 bits per heavy atom. The van der Waals surface area contributed by atoms with E-state index in [0.29, 0.717) is 4.67 Å². The first-order valence-electron chi connectivity index (χ1n) is 10.7. The van der Waals surface area contributed by atoms with Gasteiger partial charge in [-0.25, -0.2) is 4.98 Å². The van der Waals surface area contributed by atoms with E-state index in [2.05, 4.69) is 82.7 Å². The first-order valence-corrected chi connectivity index (χ1v) is 11.6. The summed E-state index contributed by atoms with van der Waals surface area (Å²) >= 11 is 1.48. The Labute approximate surface area is 194 Å². The van der Waals surface area contributed by atoms with Crippen LogP contribution in [0.2, 0.25) is 0 Å². The summed E-state index contributed by atoms with van der Waals surface area (Å²) in [6.45, 7) is 0. The second kappa shape index (κ2) is 8.04. The van der Waals surface area contributed by atoms with E-state index in [9.17, 15) is 0 Å². The molecule has 4 aromatic carbocycles. The number of nitrogens with one attached hydrogen (secondary N) is 2. The van der Waals surface area contributed by atoms with Gasteiger partial charge < -0.3 is 9.88 Å². The lowest BCUT2D eigenvalue weighted by Gasteiger charge is -2.25. The van der Waals surface area contributed by atoms with E-state index in [1.165, 1.54) is 11.3 Å². The van der Waals surface area contributed by atoms with Crippen LogP contribution >= 0.6 is 11.3 Å². The SMILES string of the molecule is N=c1sc2cc(N(c3ccccc3)c3ccccc3)ccc2cc1-c1nc2ccccc2[nH]1. The molecule has 2 N–H and O–H groups in total. The van der Waals surface area contributed by atoms with Gasteiger partial charge in [0.2, 0.25) is 0 Å². The number of hydrogen-bond donors (Lipinski definition) is 2. The Balaban J connectivity index is 1.48. The maximum atomic E-state index is 8.71. The lowest BCUT2D eigenvalue weighted by atomic mass is 10.1. The Morgan fingerprint density at radius 1 is 0.697 bits per heavy atom. The number of H-pyrrole nitrogens is 1. The highest BCUT2D eigenvalue weighted by molar-refractivity contribution is 7.16. The third kappa shape index (κ3) is 3.58. The van der Waals surface area contributed by atoms with Crippen molar-refractivity contribution in [1.82, 2.24) is 9.97 Å². The number of nitrogens with zero attached hydrogens (tertiary/aromatic N) is 2. The van der Waals surface area contributed by atoms with Gasteiger partial charge in [-0.05, 0) is 60.0 Å². The molecule has 0 atom stereocenters. The number of rotatable bonds is 4. The molecule has 0 radical (unpaired) electrons. The van der Waals surface area contributed by atoms with E-state index in [-0.39, 0.29) is 0 Å². The molecule has 0 aliphatic heterocycles. The van der Waals surface area contributed by atoms with Crippen molar-refractivity contribution in [1.29, 1.82) is 5.41 Å². The molecule has 2 aromatic heterocycles. The molecule has 0 aliphatic rings. The molecule has 0 amide bonds. The molecule has 2 heterocycles. The smallest absolute Gasteiger partial charge is 0.141 e. The van der Waals surface area contributed by atoms with Gasteiger partial charge in [-0.1, -0.05) is 54.6 Å². The van der Waals surface area contributed by atoms with Crippen molar-refractivity contribution in [2.45, 2.75) is 0 Å². The minimum Gasteiger partial charge on any atom is -0.338 e. The number of anilines is 3. The molecule has 0 fully saturated rings. The molecule has 0 aliphatic carbocycles. The summed E-state index contributed by atoms with van der Waals surface area (Å²) < 4.78 is 1.55. The Kier molecular flexibility index (Phi) is 4.74. The van der Waals surface area contributed by atoms with Crippen LogP contribution in [0, 0.1) is 5.41 Å². The van der Waals surface area contributed by atoms with Crippen molar-refractivity contribution in [3.05, 3.63) is 114 Å². The highest BCUT2D eigenvalue weighted by Gasteiger charge is 2.14. The zero-order valence-corrected chi connectivity index (χ0v) is 18.5. The van der Waals surface area contributed by atoms with Crippen LogP contribution in [-0.2, 0) is 0 Å². The molecule has 4 nitrogen and oxygen atoms in total. The van der Waals surface area contributed by atoms with E-state index in [4.69, 9.17) is 10.4 Å². The van der Waals surface area contributed by atoms with Gasteiger partial charge in [0.05, 0.1) is 16.6 Å². The van der Waals surface area contributed by atoms with Gasteiger partial charge >= 0.3 is 0 Å². The quantitative estimate of drug-likeness (QED) is 0.298. The van der Waals surface area contributed by atoms with Gasteiger partial charge in [0.1, 0.15) is 10.5 Å². The molecule has 158 valence electrons. The van der Waals surface area contributed by atoms with Crippen LogP contribution in [0.4, 0.5) is 17.1 Å². The second-order valence-corrected chi connectivity index (χ2v) is 8.87. The van der Waals surface area contributed by atoms with Gasteiger partial charge in [-0.2, -0.15) is 0 Å². The molecular weight excluding hydrogens is 424 g/mol. The van der Waals surface area contributed by atoms with Crippen LogP contribution in [0.25, 0.3) is 32.5 Å². The normalized spacial score (nSPS) is 11.2. The summed E-state index contributed by atoms with van der Waals surface area (Å²) in [5, 5.41) is 9.81. The summed E-state index contributed by atoms with van der Waals surface area (Å²) in [7, 11) is 0. The number of imidazole rings is 1. The Hall–Kier alpha value is -4.22. The van der Waals surface area contributed by atoms with Crippen molar-refractivity contribution in [3.8, 4) is 11.4 Å². The zero-order valence-electron chi connectivity index (χ0n) is 17.7. The van der Waals surface area contributed by atoms with Crippen LogP contribution in [0.1, 0.15) is 0 Å². The largest absolute Gasteiger partial charge is 0.338 e. The van der Waals surface area contributed by atoms with Gasteiger partial charge in [0, 0.05) is 21.8 Å². The van der Waals surface area contributed by atoms with Gasteiger partial charge in [0.15, 0.2) is 0 Å². The summed E-state index contributed by atoms with van der Waals surface area (Å²) in [6.07, 6.45) is 0. The number of aromatic nitrogens is 2. The summed E-state index contributed by atoms with van der Waals surface area (Å²) in [5.74, 6) is 0.735. The number of fused-ring (bicyclic) bond motifs is 2. The van der Waals surface area contributed by atoms with Crippen molar-refractivity contribution in [2.24, 2.45) is 0 Å². The van der Waals surface area contributed by atoms with Crippen LogP contribution in [0.15, 0.2) is 109 Å². The molecule has 0 saturated heterocycles. The fourth-order valence-electron chi connectivity index (χ4n) is 4.11. The van der Waals surface area contributed by atoms with Crippen molar-refractivity contribution >= 4 is 49.5 Å². The maximum Gasteiger partial charge on any atom is 0.141 e. The fourth-order valence-corrected chi connectivity index (χ4v) is 5.02. The van der Waals surface area contributed by atoms with Crippen molar-refractivity contribution in [2.75, 3.05) is 4.90 Å². The first kappa shape index (κ1) is 19.5. The van der Waals surface area contributed by atoms with Gasteiger partial charge in [0.25, 0.3) is 0 Å². The van der Waals surface area contributed by atoms with E-state index in [1.54, 1.807) is 0 Å². The molecular formula is C28H20N4S. The first-order chi connectivity index (χ1) is 16.3. The molecule has 5 heteroatoms. The molecule has 0 bridgehead atoms. The van der Waals surface area contributed by atoms with Crippen LogP contribution < -0.4 is 9.57 Å². The van der Waals surface area contributed by atoms with E-state index >= 15 is 0 Å². The van der Waals surface area contributed by atoms with Crippen LogP contribution in [-0.4, -0.2) is 9.97 Å². The molecule has 0 spiro atoms. The lowest BCUT2D eigenvalue weighted by molar-refractivity contribution is 1.28. The number of para-hydroxylation sites is 4. The van der Waals surface area contributed by atoms with Crippen molar-refractivity contribution < 1.29 is 0 Å². The standard InChI is InChI=1S/C28H20N4S/c29-27-23(28-30-24-13-7-8-14-25(24)31-28)17-19-15-16-22(18-26(19)33-27)32(20-9-3-1-4-10-20)21-11-5-2-6-12-21/h1-18,29H,(H,30,31). The zero-order chi connectivity index (χ0) is 22.2. The Morgan fingerprint density at radius 2 is 1.36 bits per heavy atom. The van der Waals surface area contributed by atoms with Gasteiger partial charge in [-0.3, -0.25) is 5.41 Å². The molecule has 0 unspecified atom stereocenters. The topological polar surface area (TPSA) is 55.8 Å². The van der Waals surface area contributed by atoms with Crippen molar-refractivity contribution in [3.63, 3.8) is 0 Å². The van der Waals surface area contributed by atoms with Gasteiger partial charge in [-0.15, -0.1) is 11.3 Å². The van der Waals surface area contributed by atoms with E-state index < -0.39 is 0 Å². The summed E-state index contributed by atoms with van der Waals surface area (Å²) in [5.41, 5.74) is 5.96. The number of benzene rings is 4. The predicted octanol–water partition coefficient (Wildman–Crippen LogP) is 7.39. The lowest BCUT2D eigenvalue weighted by Crippen LogP contribution is -2.09. The Bertz CT molecular complexity index is 1560. The predicted molar refractivity (Wildman–Crippen MR) is 137 cm³/mol. The molecule has 6 rings (SSSR count). The maximum absolute atomic E-state index is 8.71. The monoisotopic (exact) mass is 444 g/mol. The highest BCUT2D eigenvalue weighted by Crippen LogP contribution is 2.36. The van der Waals surface area contributed by atoms with E-state index in [0.717, 1.165) is 49.6 Å². The average Bonchev–Trinajstić information content (AvgIpc) is 3.29. The van der Waals surface area contributed by atoms with E-state index in [1.807, 2.05) is 36.4 Å². The molecule has 0 saturated carbocycles. The summed E-state index contributed by atoms with van der Waals surface area (Å²) in [6, 6.07) is 37.2.